The zero-order chi connectivity index (χ0) is 28.7. The van der Waals surface area contributed by atoms with Crippen molar-refractivity contribution in [3.63, 3.8) is 0 Å². The summed E-state index contributed by atoms with van der Waals surface area (Å²) in [6.45, 7) is 11.1. The number of amides is 2. The molecule has 3 aromatic carbocycles. The molecule has 0 aliphatic heterocycles. The molecule has 1 atom stereocenters. The lowest BCUT2D eigenvalue weighted by molar-refractivity contribution is -0.140. The molecule has 7 nitrogen and oxygen atoms in total. The Hall–Kier alpha value is -3.65. The van der Waals surface area contributed by atoms with Crippen molar-refractivity contribution in [1.82, 2.24) is 10.2 Å². The van der Waals surface area contributed by atoms with E-state index in [1.807, 2.05) is 77.9 Å². The van der Waals surface area contributed by atoms with Crippen molar-refractivity contribution in [3.8, 4) is 0 Å². The number of carbonyl (C=O) groups excluding carboxylic acids is 2. The van der Waals surface area contributed by atoms with Gasteiger partial charge in [-0.2, -0.15) is 0 Å². The van der Waals surface area contributed by atoms with Gasteiger partial charge in [0.05, 0.1) is 10.6 Å². The zero-order valence-corrected chi connectivity index (χ0v) is 24.5. The first-order valence-corrected chi connectivity index (χ1v) is 14.7. The van der Waals surface area contributed by atoms with Crippen LogP contribution in [0.15, 0.2) is 77.7 Å². The first-order valence-electron chi connectivity index (χ1n) is 13.2. The molecule has 0 saturated carbocycles. The molecule has 208 valence electrons. The molecule has 8 heteroatoms. The first kappa shape index (κ1) is 29.9. The van der Waals surface area contributed by atoms with Crippen LogP contribution in [0.25, 0.3) is 0 Å². The van der Waals surface area contributed by atoms with Crippen molar-refractivity contribution in [2.75, 3.05) is 10.8 Å². The number of carbonyl (C=O) groups is 2. The number of hydrogen-bond acceptors (Lipinski definition) is 4. The third-order valence-electron chi connectivity index (χ3n) is 6.63. The average molecular weight is 550 g/mol. The van der Waals surface area contributed by atoms with E-state index in [1.165, 1.54) is 4.90 Å². The van der Waals surface area contributed by atoms with E-state index in [2.05, 4.69) is 5.32 Å². The van der Waals surface area contributed by atoms with Gasteiger partial charge in [0.15, 0.2) is 0 Å². The molecule has 0 fully saturated rings. The number of rotatable bonds is 11. The number of sulfonamides is 1. The highest BCUT2D eigenvalue weighted by Gasteiger charge is 2.34. The molecule has 0 heterocycles. The summed E-state index contributed by atoms with van der Waals surface area (Å²) >= 11 is 0. The zero-order valence-electron chi connectivity index (χ0n) is 23.6. The normalized spacial score (nSPS) is 12.2. The molecular weight excluding hydrogens is 510 g/mol. The van der Waals surface area contributed by atoms with Gasteiger partial charge >= 0.3 is 0 Å². The van der Waals surface area contributed by atoms with E-state index in [4.69, 9.17) is 0 Å². The highest BCUT2D eigenvalue weighted by molar-refractivity contribution is 7.92. The van der Waals surface area contributed by atoms with Gasteiger partial charge < -0.3 is 10.2 Å². The lowest BCUT2D eigenvalue weighted by atomic mass is 10.1. The van der Waals surface area contributed by atoms with E-state index in [0.29, 0.717) is 12.1 Å². The van der Waals surface area contributed by atoms with Crippen molar-refractivity contribution >= 4 is 27.5 Å². The Balaban J connectivity index is 2.07. The van der Waals surface area contributed by atoms with Crippen LogP contribution in [0.2, 0.25) is 0 Å². The summed E-state index contributed by atoms with van der Waals surface area (Å²) in [5.41, 5.74) is 4.15. The molecule has 0 aliphatic carbocycles. The number of nitrogens with one attached hydrogen (secondary N) is 1. The maximum atomic E-state index is 14.1. The average Bonchev–Trinajstić information content (AvgIpc) is 2.88. The second kappa shape index (κ2) is 12.9. The number of aryl methyl sites for hydroxylation is 3. The maximum Gasteiger partial charge on any atom is 0.264 e. The summed E-state index contributed by atoms with van der Waals surface area (Å²) in [6.07, 6.45) is 0.380. The largest absolute Gasteiger partial charge is 0.352 e. The van der Waals surface area contributed by atoms with Crippen LogP contribution in [-0.4, -0.2) is 43.8 Å². The highest BCUT2D eigenvalue weighted by atomic mass is 32.2. The summed E-state index contributed by atoms with van der Waals surface area (Å²) in [7, 11) is -4.08. The minimum Gasteiger partial charge on any atom is -0.352 e. The topological polar surface area (TPSA) is 86.8 Å². The van der Waals surface area contributed by atoms with Crippen molar-refractivity contribution in [2.24, 2.45) is 0 Å². The Morgan fingerprint density at radius 1 is 0.846 bits per heavy atom. The van der Waals surface area contributed by atoms with Crippen molar-refractivity contribution in [3.05, 3.63) is 95.1 Å². The van der Waals surface area contributed by atoms with Crippen LogP contribution >= 0.6 is 0 Å². The summed E-state index contributed by atoms with van der Waals surface area (Å²) in [5.74, 6) is -0.724. The fourth-order valence-electron chi connectivity index (χ4n) is 4.35. The van der Waals surface area contributed by atoms with Crippen LogP contribution in [0.4, 0.5) is 5.69 Å². The van der Waals surface area contributed by atoms with Gasteiger partial charge in [-0.3, -0.25) is 13.9 Å². The second-order valence-electron chi connectivity index (χ2n) is 10.2. The van der Waals surface area contributed by atoms with Gasteiger partial charge in [0, 0.05) is 12.6 Å². The molecule has 3 rings (SSSR count). The molecule has 0 radical (unpaired) electrons. The van der Waals surface area contributed by atoms with Gasteiger partial charge in [-0.05, 0) is 76.4 Å². The van der Waals surface area contributed by atoms with Crippen LogP contribution in [-0.2, 0) is 26.2 Å². The van der Waals surface area contributed by atoms with E-state index in [9.17, 15) is 18.0 Å². The predicted octanol–water partition coefficient (Wildman–Crippen LogP) is 5.14. The monoisotopic (exact) mass is 549 g/mol. The summed E-state index contributed by atoms with van der Waals surface area (Å²) in [6, 6.07) is 20.4. The molecule has 2 amide bonds. The molecule has 0 bridgehead atoms. The Labute approximate surface area is 232 Å². The molecule has 0 unspecified atom stereocenters. The fraction of sp³-hybridized carbons (Fsp3) is 0.355. The van der Waals surface area contributed by atoms with Crippen molar-refractivity contribution in [1.29, 1.82) is 0 Å². The van der Waals surface area contributed by atoms with E-state index in [-0.39, 0.29) is 23.4 Å². The highest BCUT2D eigenvalue weighted by Crippen LogP contribution is 2.26. The third kappa shape index (κ3) is 7.47. The lowest BCUT2D eigenvalue weighted by Gasteiger charge is -2.34. The van der Waals surface area contributed by atoms with Gasteiger partial charge in [-0.15, -0.1) is 0 Å². The first-order chi connectivity index (χ1) is 18.4. The third-order valence-corrected chi connectivity index (χ3v) is 8.42. The molecule has 0 spiro atoms. The Kier molecular flexibility index (Phi) is 9.92. The SMILES string of the molecule is CC[C@H](C(=O)NC(C)C)N(Cc1ccccc1C)C(=O)CN(c1ccc(C)cc1)S(=O)(=O)c1ccc(C)cc1. The minimum absolute atomic E-state index is 0.0940. The van der Waals surface area contributed by atoms with Crippen LogP contribution < -0.4 is 9.62 Å². The Morgan fingerprint density at radius 3 is 1.95 bits per heavy atom. The van der Waals surface area contributed by atoms with Gasteiger partial charge in [0.25, 0.3) is 10.0 Å². The Bertz CT molecular complexity index is 1380. The molecule has 1 N–H and O–H groups in total. The fourth-order valence-corrected chi connectivity index (χ4v) is 5.76. The molecule has 0 aliphatic rings. The summed E-state index contributed by atoms with van der Waals surface area (Å²) in [5, 5.41) is 2.92. The van der Waals surface area contributed by atoms with Gasteiger partial charge in [0.1, 0.15) is 12.6 Å². The number of anilines is 1. The number of benzene rings is 3. The van der Waals surface area contributed by atoms with Gasteiger partial charge in [0.2, 0.25) is 11.8 Å². The van der Waals surface area contributed by atoms with Crippen LogP contribution in [0, 0.1) is 20.8 Å². The maximum absolute atomic E-state index is 14.1. The quantitative estimate of drug-likeness (QED) is 0.359. The minimum atomic E-state index is -4.08. The van der Waals surface area contributed by atoms with Crippen LogP contribution in [0.3, 0.4) is 0 Å². The van der Waals surface area contributed by atoms with Crippen LogP contribution in [0.1, 0.15) is 49.4 Å². The van der Waals surface area contributed by atoms with Crippen LogP contribution in [0.5, 0.6) is 0 Å². The standard InChI is InChI=1S/C31H39N3O4S/c1-7-29(31(36)32-22(2)3)33(20-26-11-9-8-10-25(26)6)30(35)21-34(27-16-12-23(4)13-17-27)39(37,38)28-18-14-24(5)15-19-28/h8-19,22,29H,7,20-21H2,1-6H3,(H,32,36)/t29-/m1/s1. The van der Waals surface area contributed by atoms with Crippen molar-refractivity contribution in [2.45, 2.75) is 71.5 Å². The van der Waals surface area contributed by atoms with E-state index >= 15 is 0 Å². The smallest absolute Gasteiger partial charge is 0.264 e. The number of nitrogens with zero attached hydrogens (tertiary/aromatic N) is 2. The van der Waals surface area contributed by atoms with Gasteiger partial charge in [-0.1, -0.05) is 66.6 Å². The molecule has 3 aromatic rings. The molecule has 0 saturated heterocycles. The van der Waals surface area contributed by atoms with E-state index in [1.54, 1.807) is 36.4 Å². The van der Waals surface area contributed by atoms with E-state index < -0.39 is 28.5 Å². The lowest BCUT2D eigenvalue weighted by Crippen LogP contribution is -2.53. The predicted molar refractivity (Wildman–Crippen MR) is 156 cm³/mol. The molecular formula is C31H39N3O4S. The van der Waals surface area contributed by atoms with Gasteiger partial charge in [-0.25, -0.2) is 8.42 Å². The Morgan fingerprint density at radius 2 is 1.41 bits per heavy atom. The summed E-state index contributed by atoms with van der Waals surface area (Å²) < 4.78 is 28.9. The molecule has 0 aromatic heterocycles. The van der Waals surface area contributed by atoms with Crippen molar-refractivity contribution < 1.29 is 18.0 Å². The second-order valence-corrected chi connectivity index (χ2v) is 12.1. The molecule has 39 heavy (non-hydrogen) atoms. The number of hydrogen-bond donors (Lipinski definition) is 1. The summed E-state index contributed by atoms with van der Waals surface area (Å²) in [4.78, 5) is 28.9. The van der Waals surface area contributed by atoms with E-state index in [0.717, 1.165) is 26.6 Å².